The summed E-state index contributed by atoms with van der Waals surface area (Å²) in [5.41, 5.74) is 0.722. The molecule has 10 heteroatoms. The van der Waals surface area contributed by atoms with Crippen LogP contribution in [0.5, 0.6) is 0 Å². The van der Waals surface area contributed by atoms with E-state index in [0.29, 0.717) is 10.7 Å². The van der Waals surface area contributed by atoms with Crippen molar-refractivity contribution >= 4 is 34.6 Å². The second-order valence-electron chi connectivity index (χ2n) is 6.79. The van der Waals surface area contributed by atoms with E-state index >= 15 is 0 Å². The number of para-hydroxylation sites is 1. The molecule has 4 aromatic rings. The van der Waals surface area contributed by atoms with Crippen LogP contribution in [0.1, 0.15) is 26.5 Å². The number of benzene rings is 3. The summed E-state index contributed by atoms with van der Waals surface area (Å²) < 4.78 is 15.1. The van der Waals surface area contributed by atoms with Crippen molar-refractivity contribution < 1.29 is 19.1 Å². The molecule has 0 saturated heterocycles. The van der Waals surface area contributed by atoms with Crippen molar-refractivity contribution in [2.45, 2.75) is 0 Å². The number of nitrogens with one attached hydrogen (secondary N) is 1. The van der Waals surface area contributed by atoms with Crippen LogP contribution in [0.4, 0.5) is 10.1 Å². The summed E-state index contributed by atoms with van der Waals surface area (Å²) in [4.78, 5) is 24.9. The summed E-state index contributed by atoms with van der Waals surface area (Å²) >= 11 is 6.02. The summed E-state index contributed by atoms with van der Waals surface area (Å²) in [6.45, 7) is 0. The molecule has 0 radical (unpaired) electrons. The van der Waals surface area contributed by atoms with Gasteiger partial charge in [-0.2, -0.15) is 4.68 Å². The van der Waals surface area contributed by atoms with Gasteiger partial charge in [0, 0.05) is 16.8 Å². The van der Waals surface area contributed by atoms with Gasteiger partial charge in [0.15, 0.2) is 11.6 Å². The fourth-order valence-corrected chi connectivity index (χ4v) is 3.26. The third-order valence-corrected chi connectivity index (χ3v) is 4.86. The molecule has 1 aromatic heterocycles. The first-order chi connectivity index (χ1) is 15.9. The van der Waals surface area contributed by atoms with E-state index in [1.807, 2.05) is 6.07 Å². The van der Waals surface area contributed by atoms with Gasteiger partial charge in [-0.1, -0.05) is 41.9 Å². The number of carbonyl (C=O) groups excluding carboxylic acids is 1. The Morgan fingerprint density at radius 1 is 1.03 bits per heavy atom. The van der Waals surface area contributed by atoms with E-state index in [2.05, 4.69) is 20.8 Å². The van der Waals surface area contributed by atoms with Crippen molar-refractivity contribution in [3.8, 4) is 5.69 Å². The molecular formula is C23H15ClFN5O3. The minimum absolute atomic E-state index is 0.0224. The number of aromatic nitrogens is 4. The maximum Gasteiger partial charge on any atom is 0.337 e. The van der Waals surface area contributed by atoms with Gasteiger partial charge in [0.05, 0.1) is 22.5 Å². The Kier molecular flexibility index (Phi) is 6.23. The number of allylic oxidation sites excluding steroid dienone is 1. The Labute approximate surface area is 191 Å². The maximum absolute atomic E-state index is 13.8. The highest BCUT2D eigenvalue weighted by Crippen LogP contribution is 2.25. The van der Waals surface area contributed by atoms with Crippen molar-refractivity contribution in [3.63, 3.8) is 0 Å². The van der Waals surface area contributed by atoms with Gasteiger partial charge < -0.3 is 10.4 Å². The quantitative estimate of drug-likeness (QED) is 0.307. The molecule has 0 aliphatic carbocycles. The number of hydrogen-bond donors (Lipinski definition) is 2. The third kappa shape index (κ3) is 4.78. The van der Waals surface area contributed by atoms with E-state index in [1.54, 1.807) is 24.3 Å². The minimum Gasteiger partial charge on any atom is -0.478 e. The highest BCUT2D eigenvalue weighted by Gasteiger charge is 2.22. The Bertz CT molecular complexity index is 1370. The van der Waals surface area contributed by atoms with Crippen LogP contribution < -0.4 is 5.32 Å². The molecule has 2 N–H and O–H groups in total. The van der Waals surface area contributed by atoms with Gasteiger partial charge in [0.1, 0.15) is 5.82 Å². The SMILES string of the molecule is O=C(/C(=C\Nc1cc(Cl)ccc1C(=O)O)c1nnnn1-c1ccccc1)c1cccc(F)c1. The van der Waals surface area contributed by atoms with Crippen LogP contribution in [0.15, 0.2) is 79.0 Å². The Morgan fingerprint density at radius 3 is 2.55 bits per heavy atom. The smallest absolute Gasteiger partial charge is 0.337 e. The number of tetrazole rings is 1. The molecule has 3 aromatic carbocycles. The number of aromatic carboxylic acids is 1. The van der Waals surface area contributed by atoms with Crippen molar-refractivity contribution in [1.29, 1.82) is 0 Å². The van der Waals surface area contributed by atoms with Gasteiger partial charge in [-0.15, -0.1) is 5.10 Å². The lowest BCUT2D eigenvalue weighted by atomic mass is 10.0. The van der Waals surface area contributed by atoms with Crippen molar-refractivity contribution in [1.82, 2.24) is 20.2 Å². The summed E-state index contributed by atoms with van der Waals surface area (Å²) in [6, 6.07) is 18.2. The molecule has 164 valence electrons. The predicted octanol–water partition coefficient (Wildman–Crippen LogP) is 4.49. The van der Waals surface area contributed by atoms with Crippen LogP contribution >= 0.6 is 11.6 Å². The lowest BCUT2D eigenvalue weighted by molar-refractivity contribution is 0.0698. The van der Waals surface area contributed by atoms with Gasteiger partial charge in [-0.05, 0) is 52.9 Å². The molecule has 0 spiro atoms. The predicted molar refractivity (Wildman–Crippen MR) is 120 cm³/mol. The molecule has 4 rings (SSSR count). The van der Waals surface area contributed by atoms with E-state index in [-0.39, 0.29) is 28.2 Å². The normalized spacial score (nSPS) is 11.3. The van der Waals surface area contributed by atoms with Crippen LogP contribution in [0.2, 0.25) is 5.02 Å². The van der Waals surface area contributed by atoms with Crippen molar-refractivity contribution in [2.75, 3.05) is 5.32 Å². The van der Waals surface area contributed by atoms with Crippen LogP contribution in [0.25, 0.3) is 11.3 Å². The maximum atomic E-state index is 13.8. The van der Waals surface area contributed by atoms with Gasteiger partial charge in [-0.25, -0.2) is 9.18 Å². The lowest BCUT2D eigenvalue weighted by Crippen LogP contribution is -2.12. The van der Waals surface area contributed by atoms with Gasteiger partial charge in [0.2, 0.25) is 0 Å². The highest BCUT2D eigenvalue weighted by molar-refractivity contribution is 6.31. The number of carboxylic acid groups (broad SMARTS) is 1. The minimum atomic E-state index is -1.19. The fraction of sp³-hybridized carbons (Fsp3) is 0. The number of hydrogen-bond acceptors (Lipinski definition) is 6. The topological polar surface area (TPSA) is 110 Å². The summed E-state index contributed by atoms with van der Waals surface area (Å²) in [5.74, 6) is -2.27. The van der Waals surface area contributed by atoms with Crippen molar-refractivity contribution in [3.05, 3.63) is 107 Å². The number of halogens is 2. The lowest BCUT2D eigenvalue weighted by Gasteiger charge is -2.11. The number of rotatable bonds is 7. The number of carboxylic acids is 1. The van der Waals surface area contributed by atoms with Crippen LogP contribution in [0, 0.1) is 5.82 Å². The summed E-state index contributed by atoms with van der Waals surface area (Å²) in [5, 5.41) is 24.2. The zero-order valence-electron chi connectivity index (χ0n) is 16.8. The van der Waals surface area contributed by atoms with E-state index in [9.17, 15) is 19.1 Å². The first-order valence-electron chi connectivity index (χ1n) is 9.58. The molecule has 0 aliphatic rings. The summed E-state index contributed by atoms with van der Waals surface area (Å²) in [6.07, 6.45) is 1.27. The number of anilines is 1. The zero-order chi connectivity index (χ0) is 23.4. The second-order valence-corrected chi connectivity index (χ2v) is 7.22. The summed E-state index contributed by atoms with van der Waals surface area (Å²) in [7, 11) is 0. The zero-order valence-corrected chi connectivity index (χ0v) is 17.6. The largest absolute Gasteiger partial charge is 0.478 e. The van der Waals surface area contributed by atoms with Crippen molar-refractivity contribution in [2.24, 2.45) is 0 Å². The first-order valence-corrected chi connectivity index (χ1v) is 9.96. The monoisotopic (exact) mass is 463 g/mol. The Balaban J connectivity index is 1.84. The molecule has 1 heterocycles. The standard InChI is InChI=1S/C23H15ClFN5O3/c24-15-9-10-18(23(32)33)20(12-15)26-13-19(21(31)14-5-4-6-16(25)11-14)22-27-28-29-30(22)17-7-2-1-3-8-17/h1-13,26H,(H,32,33)/b19-13+. The molecule has 0 atom stereocenters. The molecule has 0 bridgehead atoms. The Hall–Kier alpha value is -4.37. The van der Waals surface area contributed by atoms with Gasteiger partial charge in [0.25, 0.3) is 0 Å². The molecule has 0 aliphatic heterocycles. The average Bonchev–Trinajstić information content (AvgIpc) is 3.29. The number of nitrogens with zero attached hydrogens (tertiary/aromatic N) is 4. The Morgan fingerprint density at radius 2 is 1.82 bits per heavy atom. The molecule has 0 unspecified atom stereocenters. The third-order valence-electron chi connectivity index (χ3n) is 4.63. The van der Waals surface area contributed by atoms with E-state index in [0.717, 1.165) is 6.07 Å². The first kappa shape index (κ1) is 21.8. The van der Waals surface area contributed by atoms with Crippen LogP contribution in [0.3, 0.4) is 0 Å². The van der Waals surface area contributed by atoms with Crippen LogP contribution in [-0.4, -0.2) is 37.1 Å². The van der Waals surface area contributed by atoms with E-state index in [1.165, 1.54) is 47.3 Å². The number of carbonyl (C=O) groups is 2. The van der Waals surface area contributed by atoms with Gasteiger partial charge >= 0.3 is 5.97 Å². The number of Topliss-reactive ketones (excluding diaryl/α,β-unsaturated/α-hetero) is 1. The van der Waals surface area contributed by atoms with Gasteiger partial charge in [-0.3, -0.25) is 4.79 Å². The molecule has 0 saturated carbocycles. The fourth-order valence-electron chi connectivity index (χ4n) is 3.09. The molecule has 33 heavy (non-hydrogen) atoms. The molecular weight excluding hydrogens is 449 g/mol. The average molecular weight is 464 g/mol. The van der Waals surface area contributed by atoms with Crippen LogP contribution in [-0.2, 0) is 0 Å². The van der Waals surface area contributed by atoms with E-state index < -0.39 is 17.6 Å². The van der Waals surface area contributed by atoms with E-state index in [4.69, 9.17) is 11.6 Å². The number of ketones is 1. The highest BCUT2D eigenvalue weighted by atomic mass is 35.5. The molecule has 0 amide bonds. The molecule has 0 fully saturated rings. The second kappa shape index (κ2) is 9.41. The molecule has 8 nitrogen and oxygen atoms in total.